The van der Waals surface area contributed by atoms with Crippen molar-refractivity contribution >= 4 is 45.1 Å². The van der Waals surface area contributed by atoms with Crippen molar-refractivity contribution in [3.05, 3.63) is 59.9 Å². The van der Waals surface area contributed by atoms with Crippen molar-refractivity contribution in [3.8, 4) is 5.75 Å². The zero-order valence-corrected chi connectivity index (χ0v) is 19.0. The van der Waals surface area contributed by atoms with Crippen molar-refractivity contribution in [3.63, 3.8) is 0 Å². The molecule has 0 aliphatic rings. The zero-order valence-electron chi connectivity index (χ0n) is 18.2. The summed E-state index contributed by atoms with van der Waals surface area (Å²) in [5.41, 5.74) is 4.19. The lowest BCUT2D eigenvalue weighted by Crippen LogP contribution is -2.12. The van der Waals surface area contributed by atoms with E-state index < -0.39 is 11.1 Å². The number of anilines is 4. The van der Waals surface area contributed by atoms with E-state index in [1.807, 2.05) is 48.8 Å². The SMILES string of the molecule is COc1ccc(CS(=O)[O-])cc1Nc1nccc(N(C)c2ccc3c(C)n(C)nc3c2)n1. The molecule has 9 nitrogen and oxygen atoms in total. The molecular weight excluding hydrogens is 428 g/mol. The maximum atomic E-state index is 11.1. The predicted molar refractivity (Wildman–Crippen MR) is 124 cm³/mol. The standard InChI is InChI=1S/C22H24N6O3S/c1-14-17-7-6-16(12-18(17)26-28(14)3)27(2)21-9-10-23-22(25-21)24-19-11-15(13-32(29)30)5-8-20(19)31-4/h5-12H,13H2,1-4H3,(H,29,30)(H,23,24,25)/p-1. The van der Waals surface area contributed by atoms with Crippen LogP contribution in [0.1, 0.15) is 11.3 Å². The fourth-order valence-electron chi connectivity index (χ4n) is 3.46. The lowest BCUT2D eigenvalue weighted by molar-refractivity contribution is 0.416. The van der Waals surface area contributed by atoms with Crippen LogP contribution in [0.3, 0.4) is 0 Å². The van der Waals surface area contributed by atoms with Gasteiger partial charge in [0.15, 0.2) is 0 Å². The molecule has 0 saturated heterocycles. The molecule has 0 radical (unpaired) electrons. The Bertz CT molecular complexity index is 1310. The van der Waals surface area contributed by atoms with Crippen molar-refractivity contribution in [2.75, 3.05) is 24.4 Å². The van der Waals surface area contributed by atoms with Crippen LogP contribution in [0.4, 0.5) is 23.1 Å². The first-order valence-electron chi connectivity index (χ1n) is 9.85. The molecule has 2 aromatic heterocycles. The number of nitrogens with one attached hydrogen (secondary N) is 1. The molecule has 0 fully saturated rings. The number of rotatable bonds is 7. The van der Waals surface area contributed by atoms with Crippen LogP contribution in [-0.2, 0) is 23.9 Å². The summed E-state index contributed by atoms with van der Waals surface area (Å²) in [6.07, 6.45) is 1.66. The molecular formula is C22H23N6O3S-. The van der Waals surface area contributed by atoms with E-state index in [9.17, 15) is 8.76 Å². The highest BCUT2D eigenvalue weighted by Crippen LogP contribution is 2.30. The third kappa shape index (κ3) is 4.41. The van der Waals surface area contributed by atoms with Crippen LogP contribution in [0.15, 0.2) is 48.7 Å². The van der Waals surface area contributed by atoms with Crippen LogP contribution in [-0.4, -0.2) is 42.7 Å². The number of methoxy groups -OCH3 is 1. The van der Waals surface area contributed by atoms with Crippen LogP contribution < -0.4 is 15.0 Å². The van der Waals surface area contributed by atoms with Gasteiger partial charge in [0.1, 0.15) is 11.6 Å². The minimum absolute atomic E-state index is 0.0855. The van der Waals surface area contributed by atoms with E-state index in [-0.39, 0.29) is 5.75 Å². The summed E-state index contributed by atoms with van der Waals surface area (Å²) in [6, 6.07) is 13.1. The fourth-order valence-corrected chi connectivity index (χ4v) is 3.91. The number of ether oxygens (including phenoxy) is 1. The second kappa shape index (κ2) is 8.93. The Morgan fingerprint density at radius 1 is 1.22 bits per heavy atom. The van der Waals surface area contributed by atoms with Crippen molar-refractivity contribution in [2.24, 2.45) is 7.05 Å². The lowest BCUT2D eigenvalue weighted by Gasteiger charge is -2.19. The van der Waals surface area contributed by atoms with Crippen LogP contribution >= 0.6 is 0 Å². The summed E-state index contributed by atoms with van der Waals surface area (Å²) >= 11 is -2.18. The molecule has 32 heavy (non-hydrogen) atoms. The zero-order chi connectivity index (χ0) is 22.8. The van der Waals surface area contributed by atoms with E-state index in [4.69, 9.17) is 4.74 Å². The summed E-state index contributed by atoms with van der Waals surface area (Å²) in [5.74, 6) is 1.52. The van der Waals surface area contributed by atoms with Gasteiger partial charge in [0.05, 0.1) is 18.3 Å². The van der Waals surface area contributed by atoms with Crippen LogP contribution in [0, 0.1) is 6.92 Å². The van der Waals surface area contributed by atoms with E-state index in [1.165, 1.54) is 0 Å². The van der Waals surface area contributed by atoms with Crippen LogP contribution in [0.2, 0.25) is 0 Å². The van der Waals surface area contributed by atoms with Gasteiger partial charge in [-0.1, -0.05) is 17.1 Å². The van der Waals surface area contributed by atoms with Gasteiger partial charge >= 0.3 is 0 Å². The lowest BCUT2D eigenvalue weighted by atomic mass is 10.2. The molecule has 1 unspecified atom stereocenters. The first kappa shape index (κ1) is 21.7. The van der Waals surface area contributed by atoms with E-state index in [2.05, 4.69) is 26.4 Å². The molecule has 0 amide bonds. The highest BCUT2D eigenvalue weighted by atomic mass is 32.2. The monoisotopic (exact) mass is 451 g/mol. The van der Waals surface area contributed by atoms with Crippen molar-refractivity contribution in [1.82, 2.24) is 19.7 Å². The molecule has 1 N–H and O–H groups in total. The molecule has 0 saturated carbocycles. The third-order valence-electron chi connectivity index (χ3n) is 5.28. The molecule has 0 spiro atoms. The highest BCUT2D eigenvalue weighted by molar-refractivity contribution is 7.78. The summed E-state index contributed by atoms with van der Waals surface area (Å²) < 4.78 is 29.4. The largest absolute Gasteiger partial charge is 0.772 e. The van der Waals surface area contributed by atoms with Gasteiger partial charge in [-0.3, -0.25) is 8.89 Å². The molecule has 10 heteroatoms. The minimum atomic E-state index is -2.18. The van der Waals surface area contributed by atoms with Gasteiger partial charge in [0.25, 0.3) is 0 Å². The number of aryl methyl sites for hydroxylation is 2. The van der Waals surface area contributed by atoms with Gasteiger partial charge in [-0.15, -0.1) is 0 Å². The molecule has 0 aliphatic heterocycles. The second-order valence-electron chi connectivity index (χ2n) is 7.32. The molecule has 2 aromatic carbocycles. The van der Waals surface area contributed by atoms with E-state index >= 15 is 0 Å². The van der Waals surface area contributed by atoms with Gasteiger partial charge in [-0.05, 0) is 48.9 Å². The van der Waals surface area contributed by atoms with Gasteiger partial charge in [0, 0.05) is 42.8 Å². The average Bonchev–Trinajstić information content (AvgIpc) is 3.06. The normalized spacial score (nSPS) is 12.0. The van der Waals surface area contributed by atoms with Crippen molar-refractivity contribution < 1.29 is 13.5 Å². The van der Waals surface area contributed by atoms with Gasteiger partial charge in [0.2, 0.25) is 5.95 Å². The summed E-state index contributed by atoms with van der Waals surface area (Å²) in [7, 11) is 5.40. The number of fused-ring (bicyclic) bond motifs is 1. The molecule has 0 aliphatic carbocycles. The molecule has 2 heterocycles. The quantitative estimate of drug-likeness (QED) is 0.425. The van der Waals surface area contributed by atoms with Crippen molar-refractivity contribution in [2.45, 2.75) is 12.7 Å². The maximum Gasteiger partial charge on any atom is 0.229 e. The van der Waals surface area contributed by atoms with Gasteiger partial charge < -0.3 is 19.5 Å². The van der Waals surface area contributed by atoms with Crippen LogP contribution in [0.25, 0.3) is 10.9 Å². The maximum absolute atomic E-state index is 11.1. The Morgan fingerprint density at radius 3 is 2.78 bits per heavy atom. The summed E-state index contributed by atoms with van der Waals surface area (Å²) in [4.78, 5) is 10.9. The van der Waals surface area contributed by atoms with Gasteiger partial charge in [-0.2, -0.15) is 10.1 Å². The van der Waals surface area contributed by atoms with E-state index in [0.717, 1.165) is 22.3 Å². The Hall–Kier alpha value is -3.50. The third-order valence-corrected chi connectivity index (χ3v) is 5.85. The Kier molecular flexibility index (Phi) is 6.06. The Morgan fingerprint density at radius 2 is 2.03 bits per heavy atom. The van der Waals surface area contributed by atoms with Crippen molar-refractivity contribution in [1.29, 1.82) is 0 Å². The minimum Gasteiger partial charge on any atom is -0.772 e. The highest BCUT2D eigenvalue weighted by Gasteiger charge is 2.12. The Balaban J connectivity index is 1.62. The molecule has 0 bridgehead atoms. The molecule has 4 aromatic rings. The Labute approximate surface area is 188 Å². The van der Waals surface area contributed by atoms with Gasteiger partial charge in [-0.25, -0.2) is 4.98 Å². The number of hydrogen-bond acceptors (Lipinski definition) is 8. The number of benzene rings is 2. The number of nitrogens with zero attached hydrogens (tertiary/aromatic N) is 5. The molecule has 4 rings (SSSR count). The summed E-state index contributed by atoms with van der Waals surface area (Å²) in [6.45, 7) is 2.04. The van der Waals surface area contributed by atoms with E-state index in [1.54, 1.807) is 31.5 Å². The van der Waals surface area contributed by atoms with Crippen LogP contribution in [0.5, 0.6) is 5.75 Å². The first-order valence-corrected chi connectivity index (χ1v) is 11.1. The second-order valence-corrected chi connectivity index (χ2v) is 8.21. The molecule has 166 valence electrons. The number of aromatic nitrogens is 4. The topological polar surface area (TPSA) is 108 Å². The predicted octanol–water partition coefficient (Wildman–Crippen LogP) is 3.57. The molecule has 1 atom stereocenters. The van der Waals surface area contributed by atoms with E-state index in [0.29, 0.717) is 28.8 Å². The number of hydrogen-bond donors (Lipinski definition) is 1. The smallest absolute Gasteiger partial charge is 0.229 e. The average molecular weight is 452 g/mol. The fraction of sp³-hybridized carbons (Fsp3) is 0.227. The first-order chi connectivity index (χ1) is 15.4. The summed E-state index contributed by atoms with van der Waals surface area (Å²) in [5, 5.41) is 8.80.